The van der Waals surface area contributed by atoms with Crippen LogP contribution in [-0.2, 0) is 0 Å². The molecular formula is C20H40S. The second-order valence-electron chi connectivity index (χ2n) is 10.7. The van der Waals surface area contributed by atoms with E-state index in [1.807, 2.05) is 0 Å². The Morgan fingerprint density at radius 3 is 1.67 bits per heavy atom. The van der Waals surface area contributed by atoms with Crippen molar-refractivity contribution in [3.8, 4) is 0 Å². The molecule has 0 aromatic rings. The smallest absolute Gasteiger partial charge is 0.0168 e. The number of thiol groups is 1. The molecule has 4 unspecified atom stereocenters. The van der Waals surface area contributed by atoms with Crippen molar-refractivity contribution in [1.29, 1.82) is 0 Å². The Labute approximate surface area is 140 Å². The lowest BCUT2D eigenvalue weighted by Gasteiger charge is -2.75. The topological polar surface area (TPSA) is 0 Å². The van der Waals surface area contributed by atoms with Crippen LogP contribution in [0.2, 0.25) is 0 Å². The predicted octanol–water partition coefficient (Wildman–Crippen LogP) is 6.85. The normalized spacial score (nSPS) is 37.3. The summed E-state index contributed by atoms with van der Waals surface area (Å²) in [5.41, 5.74) is 1.34. The maximum absolute atomic E-state index is 5.26. The summed E-state index contributed by atoms with van der Waals surface area (Å²) in [4.78, 5) is 0. The Balaban J connectivity index is 3.31. The van der Waals surface area contributed by atoms with Gasteiger partial charge in [-0.1, -0.05) is 76.2 Å². The lowest BCUT2D eigenvalue weighted by Crippen LogP contribution is -2.70. The van der Waals surface area contributed by atoms with E-state index in [4.69, 9.17) is 12.6 Å². The van der Waals surface area contributed by atoms with E-state index in [1.54, 1.807) is 0 Å². The van der Waals surface area contributed by atoms with Crippen LogP contribution in [0.4, 0.5) is 0 Å². The van der Waals surface area contributed by atoms with Crippen molar-refractivity contribution in [3.05, 3.63) is 0 Å². The van der Waals surface area contributed by atoms with Crippen LogP contribution in [0.25, 0.3) is 0 Å². The molecule has 0 aliphatic heterocycles. The van der Waals surface area contributed by atoms with Gasteiger partial charge in [0.25, 0.3) is 0 Å². The molecule has 0 spiro atoms. The Bertz CT molecular complexity index is 380. The number of hydrogen-bond acceptors (Lipinski definition) is 1. The van der Waals surface area contributed by atoms with Crippen LogP contribution in [0.3, 0.4) is 0 Å². The van der Waals surface area contributed by atoms with Crippen LogP contribution >= 0.6 is 12.6 Å². The number of hydrogen-bond donors (Lipinski definition) is 1. The molecule has 126 valence electrons. The van der Waals surface area contributed by atoms with Gasteiger partial charge in [0.1, 0.15) is 0 Å². The molecule has 0 aromatic carbocycles. The number of rotatable bonds is 3. The molecule has 4 atom stereocenters. The molecule has 0 aromatic heterocycles. The summed E-state index contributed by atoms with van der Waals surface area (Å²) < 4.78 is 0.0869. The molecule has 1 heteroatoms. The second-order valence-corrected chi connectivity index (χ2v) is 11.6. The van der Waals surface area contributed by atoms with Crippen LogP contribution in [0.15, 0.2) is 0 Å². The Morgan fingerprint density at radius 2 is 1.43 bits per heavy atom. The zero-order chi connectivity index (χ0) is 17.1. The van der Waals surface area contributed by atoms with Crippen molar-refractivity contribution < 1.29 is 0 Å². The van der Waals surface area contributed by atoms with Gasteiger partial charge >= 0.3 is 0 Å². The lowest BCUT2D eigenvalue weighted by molar-refractivity contribution is -0.233. The van der Waals surface area contributed by atoms with E-state index in [9.17, 15) is 0 Å². The molecule has 0 saturated heterocycles. The molecular weight excluding hydrogens is 272 g/mol. The highest BCUT2D eigenvalue weighted by molar-refractivity contribution is 7.81. The van der Waals surface area contributed by atoms with Gasteiger partial charge in [0.05, 0.1) is 0 Å². The minimum atomic E-state index is 0.0869. The summed E-state index contributed by atoms with van der Waals surface area (Å²) in [6.45, 7) is 26.6. The molecule has 0 heterocycles. The molecule has 0 nitrogen and oxygen atoms in total. The minimum absolute atomic E-state index is 0.0869. The fourth-order valence-electron chi connectivity index (χ4n) is 5.57. The molecule has 0 N–H and O–H groups in total. The van der Waals surface area contributed by atoms with E-state index in [0.29, 0.717) is 28.1 Å². The van der Waals surface area contributed by atoms with Crippen molar-refractivity contribution in [3.63, 3.8) is 0 Å². The van der Waals surface area contributed by atoms with Crippen LogP contribution < -0.4 is 0 Å². The third-order valence-electron chi connectivity index (χ3n) is 7.16. The van der Waals surface area contributed by atoms with E-state index in [-0.39, 0.29) is 10.2 Å². The van der Waals surface area contributed by atoms with Gasteiger partial charge in [0, 0.05) is 4.75 Å². The van der Waals surface area contributed by atoms with Gasteiger partial charge in [-0.3, -0.25) is 0 Å². The third kappa shape index (κ3) is 2.70. The first-order valence-corrected chi connectivity index (χ1v) is 9.20. The van der Waals surface area contributed by atoms with Crippen LogP contribution in [-0.4, -0.2) is 4.75 Å². The maximum atomic E-state index is 5.26. The van der Waals surface area contributed by atoms with Gasteiger partial charge in [0.2, 0.25) is 0 Å². The first-order valence-electron chi connectivity index (χ1n) is 8.75. The van der Waals surface area contributed by atoms with Crippen LogP contribution in [0.1, 0.15) is 89.0 Å². The van der Waals surface area contributed by atoms with Gasteiger partial charge in [-0.15, -0.1) is 0 Å². The molecule has 1 fully saturated rings. The lowest BCUT2D eigenvalue weighted by atomic mass is 9.32. The van der Waals surface area contributed by atoms with Crippen molar-refractivity contribution >= 4 is 12.6 Å². The zero-order valence-electron chi connectivity index (χ0n) is 16.5. The van der Waals surface area contributed by atoms with Crippen molar-refractivity contribution in [2.75, 3.05) is 0 Å². The Morgan fingerprint density at radius 1 is 1.00 bits per heavy atom. The minimum Gasteiger partial charge on any atom is -0.172 e. The van der Waals surface area contributed by atoms with Gasteiger partial charge < -0.3 is 0 Å². The Kier molecular flexibility index (Phi) is 4.79. The molecule has 21 heavy (non-hydrogen) atoms. The third-order valence-corrected chi connectivity index (χ3v) is 7.74. The highest BCUT2D eigenvalue weighted by atomic mass is 32.1. The average molecular weight is 313 g/mol. The fraction of sp³-hybridized carbons (Fsp3) is 1.00. The molecule has 1 aliphatic carbocycles. The molecule has 1 rings (SSSR count). The van der Waals surface area contributed by atoms with Crippen molar-refractivity contribution in [1.82, 2.24) is 0 Å². The molecule has 0 bridgehead atoms. The maximum Gasteiger partial charge on any atom is 0.0168 e. The first-order chi connectivity index (χ1) is 9.03. The average Bonchev–Trinajstić information content (AvgIpc) is 2.18. The van der Waals surface area contributed by atoms with E-state index in [0.717, 1.165) is 0 Å². The summed E-state index contributed by atoms with van der Waals surface area (Å²) in [7, 11) is 0. The van der Waals surface area contributed by atoms with Crippen molar-refractivity contribution in [2.24, 2.45) is 33.5 Å². The molecule has 0 amide bonds. The highest BCUT2D eigenvalue weighted by Crippen LogP contribution is 2.76. The van der Waals surface area contributed by atoms with Gasteiger partial charge in [-0.05, 0) is 46.3 Å². The summed E-state index contributed by atoms with van der Waals surface area (Å²) in [5, 5.41) is 0. The van der Waals surface area contributed by atoms with Crippen LogP contribution in [0.5, 0.6) is 0 Å². The standard InChI is InChI=1S/C20H40S/c1-14(2)12-19(11,21)20(17(7,8)9)13-18(10,15(20)3)16(4,5)6/h14-15,21H,12-13H2,1-11H3. The summed E-state index contributed by atoms with van der Waals surface area (Å²) >= 11 is 5.26. The molecule has 0 radical (unpaired) electrons. The van der Waals surface area contributed by atoms with E-state index in [2.05, 4.69) is 76.2 Å². The zero-order valence-corrected chi connectivity index (χ0v) is 17.4. The quantitative estimate of drug-likeness (QED) is 0.541. The van der Waals surface area contributed by atoms with Crippen molar-refractivity contribution in [2.45, 2.75) is 93.7 Å². The SMILES string of the molecule is CC(C)CC(C)(S)C1(C(C)(C)C)CC(C)(C(C)(C)C)C1C. The van der Waals surface area contributed by atoms with E-state index in [1.165, 1.54) is 12.8 Å². The second kappa shape index (κ2) is 5.18. The van der Waals surface area contributed by atoms with Gasteiger partial charge in [-0.25, -0.2) is 0 Å². The summed E-state index contributed by atoms with van der Waals surface area (Å²) in [5.74, 6) is 1.38. The monoisotopic (exact) mass is 312 g/mol. The summed E-state index contributed by atoms with van der Waals surface area (Å²) in [6.07, 6.45) is 2.48. The van der Waals surface area contributed by atoms with Gasteiger partial charge in [0.15, 0.2) is 0 Å². The Hall–Kier alpha value is 0.350. The summed E-state index contributed by atoms with van der Waals surface area (Å²) in [6, 6.07) is 0. The van der Waals surface area contributed by atoms with E-state index < -0.39 is 0 Å². The fourth-order valence-corrected chi connectivity index (χ4v) is 6.54. The van der Waals surface area contributed by atoms with Gasteiger partial charge in [-0.2, -0.15) is 12.6 Å². The largest absolute Gasteiger partial charge is 0.172 e. The predicted molar refractivity (Wildman–Crippen MR) is 100 cm³/mol. The van der Waals surface area contributed by atoms with E-state index >= 15 is 0 Å². The van der Waals surface area contributed by atoms with Crippen LogP contribution in [0, 0.1) is 33.5 Å². The first kappa shape index (κ1) is 19.4. The molecule has 1 saturated carbocycles. The molecule has 1 aliphatic rings. The highest BCUT2D eigenvalue weighted by Gasteiger charge is 2.71.